The van der Waals surface area contributed by atoms with Crippen molar-refractivity contribution in [3.05, 3.63) is 0 Å². The first-order chi connectivity index (χ1) is 8.71. The molecule has 2 fully saturated rings. The summed E-state index contributed by atoms with van der Waals surface area (Å²) in [5.74, 6) is -0.118. The van der Waals surface area contributed by atoms with Gasteiger partial charge in [-0.1, -0.05) is 0 Å². The van der Waals surface area contributed by atoms with Gasteiger partial charge in [-0.3, -0.25) is 0 Å². The molecule has 0 aromatic heterocycles. The number of hydrogen-bond donors (Lipinski definition) is 1. The van der Waals surface area contributed by atoms with Crippen LogP contribution >= 0.6 is 0 Å². The summed E-state index contributed by atoms with van der Waals surface area (Å²) in [5, 5.41) is 3.14. The molecule has 19 heavy (non-hydrogen) atoms. The van der Waals surface area contributed by atoms with E-state index in [4.69, 9.17) is 0 Å². The van der Waals surface area contributed by atoms with Crippen LogP contribution < -0.4 is 5.32 Å². The second kappa shape index (κ2) is 5.21. The summed E-state index contributed by atoms with van der Waals surface area (Å²) in [6.45, 7) is 3.23. The molecule has 0 spiro atoms. The maximum absolute atomic E-state index is 12.2. The number of alkyl halides is 3. The van der Waals surface area contributed by atoms with Gasteiger partial charge in [-0.15, -0.1) is 0 Å². The number of sulfonamides is 1. The maximum atomic E-state index is 12.2. The first kappa shape index (κ1) is 15.1. The lowest BCUT2D eigenvalue weighted by atomic mass is 10.0. The Morgan fingerprint density at radius 2 is 2.00 bits per heavy atom. The number of nitrogens with zero attached hydrogens (tertiary/aromatic N) is 1. The van der Waals surface area contributed by atoms with E-state index >= 15 is 0 Å². The van der Waals surface area contributed by atoms with Crippen molar-refractivity contribution >= 4 is 10.0 Å². The number of nitrogens with one attached hydrogen (secondary N) is 1. The van der Waals surface area contributed by atoms with Crippen molar-refractivity contribution in [2.45, 2.75) is 44.4 Å². The molecule has 8 heteroatoms. The summed E-state index contributed by atoms with van der Waals surface area (Å²) in [6.07, 6.45) is -4.90. The SMILES string of the molecule is CC1CC2CNCC2N1S(=O)(=O)CCCC(F)(F)F. The highest BCUT2D eigenvalue weighted by atomic mass is 32.2. The topological polar surface area (TPSA) is 49.4 Å². The van der Waals surface area contributed by atoms with Crippen molar-refractivity contribution in [1.82, 2.24) is 9.62 Å². The fraction of sp³-hybridized carbons (Fsp3) is 1.00. The molecule has 4 nitrogen and oxygen atoms in total. The molecule has 1 N–H and O–H groups in total. The number of halogens is 3. The van der Waals surface area contributed by atoms with Crippen molar-refractivity contribution in [2.24, 2.45) is 5.92 Å². The largest absolute Gasteiger partial charge is 0.389 e. The third kappa shape index (κ3) is 3.41. The van der Waals surface area contributed by atoms with Gasteiger partial charge in [0.25, 0.3) is 0 Å². The van der Waals surface area contributed by atoms with Crippen LogP contribution in [-0.2, 0) is 10.0 Å². The van der Waals surface area contributed by atoms with Crippen LogP contribution in [0.2, 0.25) is 0 Å². The Labute approximate surface area is 111 Å². The minimum absolute atomic E-state index is 0.0779. The maximum Gasteiger partial charge on any atom is 0.389 e. The molecule has 3 atom stereocenters. The van der Waals surface area contributed by atoms with Crippen LogP contribution in [0.3, 0.4) is 0 Å². The van der Waals surface area contributed by atoms with E-state index in [1.165, 1.54) is 4.31 Å². The van der Waals surface area contributed by atoms with Gasteiger partial charge >= 0.3 is 6.18 Å². The monoisotopic (exact) mass is 300 g/mol. The van der Waals surface area contributed by atoms with Crippen LogP contribution in [0.1, 0.15) is 26.2 Å². The Hall–Kier alpha value is -0.340. The van der Waals surface area contributed by atoms with Crippen molar-refractivity contribution in [1.29, 1.82) is 0 Å². The van der Waals surface area contributed by atoms with Gasteiger partial charge < -0.3 is 5.32 Å². The van der Waals surface area contributed by atoms with Crippen LogP contribution in [-0.4, -0.2) is 49.8 Å². The van der Waals surface area contributed by atoms with Crippen molar-refractivity contribution in [3.63, 3.8) is 0 Å². The van der Waals surface area contributed by atoms with Gasteiger partial charge in [-0.25, -0.2) is 8.42 Å². The average Bonchev–Trinajstić information content (AvgIpc) is 2.73. The molecule has 2 rings (SSSR count). The van der Waals surface area contributed by atoms with Gasteiger partial charge in [-0.05, 0) is 32.2 Å². The van der Waals surface area contributed by atoms with Gasteiger partial charge in [0.15, 0.2) is 0 Å². The van der Waals surface area contributed by atoms with Gasteiger partial charge in [0.05, 0.1) is 5.75 Å². The van der Waals surface area contributed by atoms with E-state index in [1.54, 1.807) is 0 Å². The third-order valence-corrected chi connectivity index (χ3v) is 5.97. The van der Waals surface area contributed by atoms with E-state index in [9.17, 15) is 21.6 Å². The van der Waals surface area contributed by atoms with Crippen LogP contribution in [0.5, 0.6) is 0 Å². The minimum atomic E-state index is -4.29. The quantitative estimate of drug-likeness (QED) is 0.852. The fourth-order valence-electron chi connectivity index (χ4n) is 3.17. The summed E-state index contributed by atoms with van der Waals surface area (Å²) in [6, 6.07) is -0.182. The zero-order valence-electron chi connectivity index (χ0n) is 10.8. The van der Waals surface area contributed by atoms with Gasteiger partial charge in [0.2, 0.25) is 10.0 Å². The Bertz CT molecular complexity index is 424. The van der Waals surface area contributed by atoms with Crippen LogP contribution in [0.25, 0.3) is 0 Å². The molecule has 3 unspecified atom stereocenters. The lowest BCUT2D eigenvalue weighted by Gasteiger charge is -2.26. The molecule has 0 bridgehead atoms. The van der Waals surface area contributed by atoms with E-state index < -0.39 is 28.4 Å². The summed E-state index contributed by atoms with van der Waals surface area (Å²) < 4.78 is 62.1. The molecule has 2 saturated heterocycles. The third-order valence-electron chi connectivity index (χ3n) is 3.89. The fourth-order valence-corrected chi connectivity index (χ4v) is 5.18. The molecular formula is C11H19F3N2O2S. The van der Waals surface area contributed by atoms with Gasteiger partial charge in [0, 0.05) is 25.0 Å². The molecule has 0 aromatic rings. The van der Waals surface area contributed by atoms with Crippen molar-refractivity contribution in [3.8, 4) is 0 Å². The molecular weight excluding hydrogens is 281 g/mol. The van der Waals surface area contributed by atoms with Crippen molar-refractivity contribution < 1.29 is 21.6 Å². The van der Waals surface area contributed by atoms with E-state index in [2.05, 4.69) is 5.32 Å². The second-order valence-corrected chi connectivity index (χ2v) is 7.43. The molecule has 0 amide bonds. The van der Waals surface area contributed by atoms with Crippen LogP contribution in [0.4, 0.5) is 13.2 Å². The molecule has 0 radical (unpaired) electrons. The second-order valence-electron chi connectivity index (χ2n) is 5.44. The zero-order valence-corrected chi connectivity index (χ0v) is 11.6. The van der Waals surface area contributed by atoms with E-state index in [1.807, 2.05) is 6.92 Å². The van der Waals surface area contributed by atoms with Gasteiger partial charge in [0.1, 0.15) is 0 Å². The first-order valence-corrected chi connectivity index (χ1v) is 8.10. The molecule has 2 aliphatic heterocycles. The summed E-state index contributed by atoms with van der Waals surface area (Å²) >= 11 is 0. The number of hydrogen-bond acceptors (Lipinski definition) is 3. The van der Waals surface area contributed by atoms with Crippen LogP contribution in [0.15, 0.2) is 0 Å². The molecule has 0 aliphatic carbocycles. The molecule has 112 valence electrons. The Kier molecular flexibility index (Phi) is 4.13. The lowest BCUT2D eigenvalue weighted by Crippen LogP contribution is -2.43. The smallest absolute Gasteiger partial charge is 0.315 e. The Balaban J connectivity index is 1.99. The highest BCUT2D eigenvalue weighted by Crippen LogP contribution is 2.35. The highest BCUT2D eigenvalue weighted by Gasteiger charge is 2.47. The highest BCUT2D eigenvalue weighted by molar-refractivity contribution is 7.89. The van der Waals surface area contributed by atoms with Crippen molar-refractivity contribution in [2.75, 3.05) is 18.8 Å². The molecule has 2 heterocycles. The summed E-state index contributed by atoms with van der Waals surface area (Å²) in [7, 11) is -3.59. The van der Waals surface area contributed by atoms with E-state index in [-0.39, 0.29) is 18.5 Å². The van der Waals surface area contributed by atoms with Crippen LogP contribution in [0, 0.1) is 5.92 Å². The normalized spacial score (nSPS) is 32.7. The van der Waals surface area contributed by atoms with E-state index in [0.29, 0.717) is 12.5 Å². The molecule has 2 aliphatic rings. The molecule has 0 aromatic carbocycles. The average molecular weight is 300 g/mol. The number of rotatable bonds is 4. The lowest BCUT2D eigenvalue weighted by molar-refractivity contribution is -0.134. The minimum Gasteiger partial charge on any atom is -0.315 e. The number of fused-ring (bicyclic) bond motifs is 1. The predicted molar refractivity (Wildman–Crippen MR) is 65.1 cm³/mol. The Morgan fingerprint density at radius 3 is 2.63 bits per heavy atom. The molecule has 0 saturated carbocycles. The summed E-state index contributed by atoms with van der Waals surface area (Å²) in [4.78, 5) is 0. The standard InChI is InChI=1S/C11H19F3N2O2S/c1-8-5-9-6-15-7-10(9)16(8)19(17,18)4-2-3-11(12,13)14/h8-10,15H,2-7H2,1H3. The van der Waals surface area contributed by atoms with E-state index in [0.717, 1.165) is 13.0 Å². The predicted octanol–water partition coefficient (Wildman–Crippen LogP) is 1.34. The van der Waals surface area contributed by atoms with Gasteiger partial charge in [-0.2, -0.15) is 17.5 Å². The first-order valence-electron chi connectivity index (χ1n) is 6.49. The zero-order chi connectivity index (χ0) is 14.3. The Morgan fingerprint density at radius 1 is 1.32 bits per heavy atom. The summed E-state index contributed by atoms with van der Waals surface area (Å²) in [5.41, 5.74) is 0.